The van der Waals surface area contributed by atoms with Crippen molar-refractivity contribution in [2.24, 2.45) is 5.92 Å². The van der Waals surface area contributed by atoms with E-state index in [1.807, 2.05) is 91.0 Å². The van der Waals surface area contributed by atoms with Crippen LogP contribution in [0.2, 0.25) is 0 Å². The van der Waals surface area contributed by atoms with Crippen LogP contribution in [0.1, 0.15) is 41.3 Å². The van der Waals surface area contributed by atoms with Gasteiger partial charge in [0, 0.05) is 17.8 Å². The third-order valence-corrected chi connectivity index (χ3v) is 8.36. The second-order valence-corrected chi connectivity index (χ2v) is 11.4. The standard InChI is InChI=1S/C34H37N3O6/c1-24-19-37(33(39)35-31(24)38)32-29-28(36-42-22-27-15-9-4-10-16-27)17-18-34(43-32,23-40-20-25-11-5-2-6-12-25)30(29)41-21-26-13-7-3-8-14-26/h2-16,19,28-30,32,36H,17-18,20-23H2,1H3,(H,35,38,39)/t28-,29-,30+,32-,34-/m1/s1. The van der Waals surface area contributed by atoms with Gasteiger partial charge in [-0.3, -0.25) is 19.2 Å². The smallest absolute Gasteiger partial charge is 0.330 e. The average molecular weight is 584 g/mol. The minimum Gasteiger partial charge on any atom is -0.374 e. The van der Waals surface area contributed by atoms with Gasteiger partial charge >= 0.3 is 5.69 Å². The van der Waals surface area contributed by atoms with Crippen LogP contribution in [0.15, 0.2) is 107 Å². The summed E-state index contributed by atoms with van der Waals surface area (Å²) in [5, 5.41) is 0. The second kappa shape index (κ2) is 13.2. The fourth-order valence-corrected chi connectivity index (χ4v) is 6.18. The number of aryl methyl sites for hydroxylation is 1. The first kappa shape index (κ1) is 29.2. The maximum atomic E-state index is 13.2. The van der Waals surface area contributed by atoms with E-state index in [4.69, 9.17) is 19.0 Å². The number of hydrogen-bond acceptors (Lipinski definition) is 7. The molecule has 2 heterocycles. The third-order valence-electron chi connectivity index (χ3n) is 8.36. The highest BCUT2D eigenvalue weighted by molar-refractivity contribution is 5.17. The molecule has 1 aliphatic heterocycles. The van der Waals surface area contributed by atoms with Crippen LogP contribution in [0, 0.1) is 12.8 Å². The van der Waals surface area contributed by atoms with Gasteiger partial charge in [-0.05, 0) is 36.5 Å². The molecule has 1 saturated carbocycles. The molecular weight excluding hydrogens is 546 g/mol. The number of hydroxylamine groups is 1. The van der Waals surface area contributed by atoms with E-state index in [0.29, 0.717) is 38.2 Å². The number of nitrogens with one attached hydrogen (secondary N) is 2. The van der Waals surface area contributed by atoms with Gasteiger partial charge < -0.3 is 14.2 Å². The molecule has 0 unspecified atom stereocenters. The number of ether oxygens (including phenoxy) is 3. The van der Waals surface area contributed by atoms with Gasteiger partial charge in [0.05, 0.1) is 38.4 Å². The fourth-order valence-electron chi connectivity index (χ4n) is 6.18. The van der Waals surface area contributed by atoms with Crippen molar-refractivity contribution in [3.63, 3.8) is 0 Å². The van der Waals surface area contributed by atoms with E-state index in [2.05, 4.69) is 10.5 Å². The summed E-state index contributed by atoms with van der Waals surface area (Å²) >= 11 is 0. The minimum atomic E-state index is -0.819. The molecule has 1 aliphatic carbocycles. The Balaban J connectivity index is 1.31. The van der Waals surface area contributed by atoms with Crippen molar-refractivity contribution < 1.29 is 19.0 Å². The molecule has 9 nitrogen and oxygen atoms in total. The number of rotatable bonds is 12. The molecule has 6 rings (SSSR count). The molecule has 2 aliphatic rings. The lowest BCUT2D eigenvalue weighted by Crippen LogP contribution is -2.56. The molecule has 2 fully saturated rings. The Morgan fingerprint density at radius 3 is 2.14 bits per heavy atom. The number of nitrogens with zero attached hydrogens (tertiary/aromatic N) is 1. The number of H-pyrrole nitrogens is 1. The Labute approximate surface area is 250 Å². The molecule has 0 spiro atoms. The molecule has 43 heavy (non-hydrogen) atoms. The molecule has 0 radical (unpaired) electrons. The van der Waals surface area contributed by atoms with Crippen LogP contribution >= 0.6 is 0 Å². The van der Waals surface area contributed by atoms with Crippen molar-refractivity contribution in [3.05, 3.63) is 140 Å². The van der Waals surface area contributed by atoms with Crippen LogP contribution in [0.4, 0.5) is 0 Å². The first-order valence-electron chi connectivity index (χ1n) is 14.7. The van der Waals surface area contributed by atoms with Gasteiger partial charge in [-0.2, -0.15) is 5.48 Å². The average Bonchev–Trinajstić information content (AvgIpc) is 3.25. The Morgan fingerprint density at radius 2 is 1.49 bits per heavy atom. The van der Waals surface area contributed by atoms with E-state index < -0.39 is 29.2 Å². The van der Waals surface area contributed by atoms with Crippen molar-refractivity contribution in [2.75, 3.05) is 6.61 Å². The molecule has 1 aromatic heterocycles. The summed E-state index contributed by atoms with van der Waals surface area (Å²) in [5.74, 6) is -0.323. The zero-order valence-electron chi connectivity index (χ0n) is 24.2. The predicted octanol–water partition coefficient (Wildman–Crippen LogP) is 4.41. The largest absolute Gasteiger partial charge is 0.374 e. The summed E-state index contributed by atoms with van der Waals surface area (Å²) in [6, 6.07) is 29.7. The zero-order valence-corrected chi connectivity index (χ0v) is 24.2. The number of aromatic nitrogens is 2. The lowest BCUT2D eigenvalue weighted by atomic mass is 9.75. The van der Waals surface area contributed by atoms with Crippen LogP contribution in [0.5, 0.6) is 0 Å². The number of hydrogen-bond donors (Lipinski definition) is 2. The van der Waals surface area contributed by atoms with E-state index in [0.717, 1.165) is 16.7 Å². The minimum absolute atomic E-state index is 0.196. The Hall–Kier alpha value is -3.86. The molecule has 224 valence electrons. The van der Waals surface area contributed by atoms with Crippen molar-refractivity contribution in [1.82, 2.24) is 15.0 Å². The van der Waals surface area contributed by atoms with E-state index in [1.54, 1.807) is 13.1 Å². The molecular formula is C34H37N3O6. The summed E-state index contributed by atoms with van der Waals surface area (Å²) in [6.07, 6.45) is 1.76. The van der Waals surface area contributed by atoms with Crippen molar-refractivity contribution in [1.29, 1.82) is 0 Å². The molecule has 5 atom stereocenters. The van der Waals surface area contributed by atoms with Gasteiger partial charge in [0.2, 0.25) is 0 Å². The summed E-state index contributed by atoms with van der Waals surface area (Å²) in [4.78, 5) is 33.9. The van der Waals surface area contributed by atoms with Crippen LogP contribution in [-0.4, -0.2) is 33.9 Å². The third kappa shape index (κ3) is 6.56. The van der Waals surface area contributed by atoms with Gasteiger partial charge in [-0.15, -0.1) is 0 Å². The van der Waals surface area contributed by atoms with Crippen LogP contribution in [0.3, 0.4) is 0 Å². The van der Waals surface area contributed by atoms with E-state index in [1.165, 1.54) is 4.57 Å². The lowest BCUT2D eigenvalue weighted by Gasteiger charge is -2.42. The van der Waals surface area contributed by atoms with Gasteiger partial charge in [0.25, 0.3) is 5.56 Å². The van der Waals surface area contributed by atoms with Crippen molar-refractivity contribution >= 4 is 0 Å². The number of fused-ring (bicyclic) bond motifs is 2. The SMILES string of the molecule is Cc1cn([C@@H]2O[C@@]3(COCc4ccccc4)CC[C@@H](NOCc4ccccc4)[C@@H]2[C@@H]3OCc2ccccc2)c(=O)[nH]c1=O. The highest BCUT2D eigenvalue weighted by Crippen LogP contribution is 2.52. The topological polar surface area (TPSA) is 104 Å². The van der Waals surface area contributed by atoms with Gasteiger partial charge in [-0.25, -0.2) is 4.79 Å². The Bertz CT molecular complexity index is 1590. The maximum absolute atomic E-state index is 13.2. The van der Waals surface area contributed by atoms with Crippen LogP contribution < -0.4 is 16.7 Å². The van der Waals surface area contributed by atoms with Gasteiger partial charge in [-0.1, -0.05) is 91.0 Å². The van der Waals surface area contributed by atoms with Gasteiger partial charge in [0.15, 0.2) is 0 Å². The van der Waals surface area contributed by atoms with Crippen molar-refractivity contribution in [2.45, 2.75) is 63.6 Å². The summed E-state index contributed by atoms with van der Waals surface area (Å²) in [6.45, 7) is 3.13. The molecule has 2 N–H and O–H groups in total. The summed E-state index contributed by atoms with van der Waals surface area (Å²) in [7, 11) is 0. The van der Waals surface area contributed by atoms with Crippen molar-refractivity contribution in [3.8, 4) is 0 Å². The lowest BCUT2D eigenvalue weighted by molar-refractivity contribution is -0.167. The molecule has 1 saturated heterocycles. The van der Waals surface area contributed by atoms with E-state index in [9.17, 15) is 9.59 Å². The Kier molecular flexibility index (Phi) is 8.97. The molecule has 4 aromatic rings. The fraction of sp³-hybridized carbons (Fsp3) is 0.353. The highest BCUT2D eigenvalue weighted by atomic mass is 16.6. The summed E-state index contributed by atoms with van der Waals surface area (Å²) in [5.41, 5.74) is 5.07. The van der Waals surface area contributed by atoms with E-state index in [-0.39, 0.29) is 18.6 Å². The summed E-state index contributed by atoms with van der Waals surface area (Å²) < 4.78 is 21.4. The van der Waals surface area contributed by atoms with Gasteiger partial charge in [0.1, 0.15) is 11.8 Å². The normalized spacial score (nSPS) is 24.7. The molecule has 9 heteroatoms. The van der Waals surface area contributed by atoms with E-state index >= 15 is 0 Å². The highest BCUT2D eigenvalue weighted by Gasteiger charge is 2.62. The Morgan fingerprint density at radius 1 is 0.884 bits per heavy atom. The molecule has 3 aromatic carbocycles. The quantitative estimate of drug-likeness (QED) is 0.238. The molecule has 2 bridgehead atoms. The molecule has 0 amide bonds. The monoisotopic (exact) mass is 583 g/mol. The predicted molar refractivity (Wildman–Crippen MR) is 161 cm³/mol. The van der Waals surface area contributed by atoms with Crippen LogP contribution in [0.25, 0.3) is 0 Å². The van der Waals surface area contributed by atoms with Crippen LogP contribution in [-0.2, 0) is 38.9 Å². The zero-order chi connectivity index (χ0) is 29.6. The number of benzene rings is 3. The number of aromatic amines is 1. The first-order valence-corrected chi connectivity index (χ1v) is 14.7. The maximum Gasteiger partial charge on any atom is 0.330 e. The second-order valence-electron chi connectivity index (χ2n) is 11.4. The first-order chi connectivity index (χ1) is 21.0.